The zero-order valence-corrected chi connectivity index (χ0v) is 8.61. The molecule has 0 saturated heterocycles. The number of aromatic nitrogens is 1. The van der Waals surface area contributed by atoms with Crippen molar-refractivity contribution in [3.05, 3.63) is 27.5 Å². The molecular formula is C8H5BrClNO. The van der Waals surface area contributed by atoms with Gasteiger partial charge in [0.05, 0.1) is 9.50 Å². The van der Waals surface area contributed by atoms with Crippen LogP contribution in [0.5, 0.6) is 0 Å². The van der Waals surface area contributed by atoms with E-state index in [0.29, 0.717) is 10.9 Å². The largest absolute Gasteiger partial charge is 0.441 e. The van der Waals surface area contributed by atoms with E-state index in [1.54, 1.807) is 13.0 Å². The second-order valence-corrected chi connectivity index (χ2v) is 3.64. The van der Waals surface area contributed by atoms with Gasteiger partial charge in [-0.15, -0.1) is 0 Å². The molecule has 0 spiro atoms. The maximum atomic E-state index is 5.87. The van der Waals surface area contributed by atoms with Crippen LogP contribution in [0.15, 0.2) is 21.0 Å². The van der Waals surface area contributed by atoms with Crippen molar-refractivity contribution in [2.75, 3.05) is 0 Å². The van der Waals surface area contributed by atoms with Crippen molar-refractivity contribution in [1.29, 1.82) is 0 Å². The highest BCUT2D eigenvalue weighted by Gasteiger charge is 2.08. The second-order valence-electron chi connectivity index (χ2n) is 2.44. The number of oxazole rings is 1. The zero-order valence-electron chi connectivity index (χ0n) is 6.27. The van der Waals surface area contributed by atoms with Gasteiger partial charge < -0.3 is 4.42 Å². The smallest absolute Gasteiger partial charge is 0.192 e. The highest BCUT2D eigenvalue weighted by Crippen LogP contribution is 2.30. The summed E-state index contributed by atoms with van der Waals surface area (Å²) in [5.74, 6) is 0.646. The zero-order chi connectivity index (χ0) is 8.72. The van der Waals surface area contributed by atoms with E-state index < -0.39 is 0 Å². The summed E-state index contributed by atoms with van der Waals surface area (Å²) in [5.41, 5.74) is 1.53. The van der Waals surface area contributed by atoms with Crippen LogP contribution in [-0.2, 0) is 0 Å². The van der Waals surface area contributed by atoms with Crippen molar-refractivity contribution in [2.24, 2.45) is 0 Å². The number of hydrogen-bond donors (Lipinski definition) is 0. The minimum Gasteiger partial charge on any atom is -0.441 e. The van der Waals surface area contributed by atoms with Crippen molar-refractivity contribution >= 4 is 38.6 Å². The monoisotopic (exact) mass is 245 g/mol. The van der Waals surface area contributed by atoms with Crippen LogP contribution in [0, 0.1) is 6.92 Å². The molecule has 0 fully saturated rings. The van der Waals surface area contributed by atoms with E-state index in [4.69, 9.17) is 16.0 Å². The number of hydrogen-bond acceptors (Lipinski definition) is 2. The van der Waals surface area contributed by atoms with Crippen LogP contribution in [0.3, 0.4) is 0 Å². The van der Waals surface area contributed by atoms with Gasteiger partial charge >= 0.3 is 0 Å². The maximum Gasteiger partial charge on any atom is 0.192 e. The summed E-state index contributed by atoms with van der Waals surface area (Å²) in [4.78, 5) is 4.18. The van der Waals surface area contributed by atoms with Gasteiger partial charge in [-0.05, 0) is 28.1 Å². The topological polar surface area (TPSA) is 26.0 Å². The number of benzene rings is 1. The van der Waals surface area contributed by atoms with Crippen LogP contribution in [0.4, 0.5) is 0 Å². The molecule has 0 aliphatic carbocycles. The van der Waals surface area contributed by atoms with Gasteiger partial charge in [-0.3, -0.25) is 0 Å². The van der Waals surface area contributed by atoms with Gasteiger partial charge in [0.2, 0.25) is 0 Å². The Bertz CT molecular complexity index is 438. The summed E-state index contributed by atoms with van der Waals surface area (Å²) < 4.78 is 6.09. The minimum atomic E-state index is 0.646. The van der Waals surface area contributed by atoms with E-state index >= 15 is 0 Å². The van der Waals surface area contributed by atoms with E-state index in [1.807, 2.05) is 6.07 Å². The molecule has 0 unspecified atom stereocenters. The van der Waals surface area contributed by atoms with E-state index in [2.05, 4.69) is 20.9 Å². The summed E-state index contributed by atoms with van der Waals surface area (Å²) >= 11 is 9.21. The molecule has 0 saturated carbocycles. The van der Waals surface area contributed by atoms with Crippen molar-refractivity contribution in [2.45, 2.75) is 6.92 Å². The molecule has 0 amide bonds. The summed E-state index contributed by atoms with van der Waals surface area (Å²) in [5, 5.41) is 0.649. The summed E-state index contributed by atoms with van der Waals surface area (Å²) in [6.45, 7) is 1.81. The SMILES string of the molecule is Cc1nc2c(Br)c(Cl)ccc2o1. The second kappa shape index (κ2) is 2.75. The molecule has 0 aliphatic heterocycles. The first-order chi connectivity index (χ1) is 5.68. The van der Waals surface area contributed by atoms with Crippen molar-refractivity contribution in [3.63, 3.8) is 0 Å². The van der Waals surface area contributed by atoms with Gasteiger partial charge in [-0.1, -0.05) is 11.6 Å². The van der Waals surface area contributed by atoms with E-state index in [-0.39, 0.29) is 0 Å². The molecule has 0 radical (unpaired) electrons. The van der Waals surface area contributed by atoms with Gasteiger partial charge in [-0.2, -0.15) is 0 Å². The Balaban J connectivity index is 2.89. The summed E-state index contributed by atoms with van der Waals surface area (Å²) in [7, 11) is 0. The fourth-order valence-electron chi connectivity index (χ4n) is 1.05. The molecule has 0 aliphatic rings. The van der Waals surface area contributed by atoms with Gasteiger partial charge in [0.1, 0.15) is 5.52 Å². The third kappa shape index (κ3) is 1.13. The highest BCUT2D eigenvalue weighted by molar-refractivity contribution is 9.10. The van der Waals surface area contributed by atoms with E-state index in [1.165, 1.54) is 0 Å². The number of rotatable bonds is 0. The first-order valence-electron chi connectivity index (χ1n) is 3.39. The molecule has 2 nitrogen and oxygen atoms in total. The van der Waals surface area contributed by atoms with Crippen LogP contribution in [0.25, 0.3) is 11.1 Å². The number of aryl methyl sites for hydroxylation is 1. The molecule has 2 aromatic rings. The Kier molecular flexibility index (Phi) is 1.85. The van der Waals surface area contributed by atoms with Crippen LogP contribution in [-0.4, -0.2) is 4.98 Å². The Hall–Kier alpha value is -0.540. The Labute approximate surface area is 82.7 Å². The lowest BCUT2D eigenvalue weighted by Crippen LogP contribution is -1.73. The van der Waals surface area contributed by atoms with Crippen LogP contribution in [0.2, 0.25) is 5.02 Å². The lowest BCUT2D eigenvalue weighted by atomic mass is 10.3. The lowest BCUT2D eigenvalue weighted by molar-refractivity contribution is 0.561. The minimum absolute atomic E-state index is 0.646. The predicted octanol–water partition coefficient (Wildman–Crippen LogP) is 3.55. The lowest BCUT2D eigenvalue weighted by Gasteiger charge is -1.92. The molecule has 1 aromatic carbocycles. The van der Waals surface area contributed by atoms with E-state index in [0.717, 1.165) is 15.6 Å². The van der Waals surface area contributed by atoms with Crippen LogP contribution in [0.1, 0.15) is 5.89 Å². The van der Waals surface area contributed by atoms with Gasteiger partial charge in [0, 0.05) is 6.92 Å². The summed E-state index contributed by atoms with van der Waals surface area (Å²) in [6.07, 6.45) is 0. The molecule has 12 heavy (non-hydrogen) atoms. The first kappa shape index (κ1) is 8.08. The average Bonchev–Trinajstić information content (AvgIpc) is 2.39. The first-order valence-corrected chi connectivity index (χ1v) is 4.57. The molecular weight excluding hydrogens is 241 g/mol. The van der Waals surface area contributed by atoms with E-state index in [9.17, 15) is 0 Å². The standard InChI is InChI=1S/C8H5BrClNO/c1-4-11-8-6(12-4)3-2-5(10)7(8)9/h2-3H,1H3. The molecule has 0 atom stereocenters. The Morgan fingerprint density at radius 1 is 1.50 bits per heavy atom. The average molecular weight is 246 g/mol. The molecule has 0 bridgehead atoms. The number of nitrogens with zero attached hydrogens (tertiary/aromatic N) is 1. The molecule has 0 N–H and O–H groups in total. The maximum absolute atomic E-state index is 5.87. The fourth-order valence-corrected chi connectivity index (χ4v) is 1.62. The molecule has 4 heteroatoms. The van der Waals surface area contributed by atoms with Crippen molar-refractivity contribution in [3.8, 4) is 0 Å². The molecule has 62 valence electrons. The van der Waals surface area contributed by atoms with Crippen molar-refractivity contribution in [1.82, 2.24) is 4.98 Å². The third-order valence-electron chi connectivity index (χ3n) is 1.56. The Morgan fingerprint density at radius 2 is 2.25 bits per heavy atom. The van der Waals surface area contributed by atoms with Gasteiger partial charge in [-0.25, -0.2) is 4.98 Å². The highest BCUT2D eigenvalue weighted by atomic mass is 79.9. The normalized spacial score (nSPS) is 10.9. The van der Waals surface area contributed by atoms with Crippen molar-refractivity contribution < 1.29 is 4.42 Å². The van der Waals surface area contributed by atoms with Crippen LogP contribution >= 0.6 is 27.5 Å². The van der Waals surface area contributed by atoms with Gasteiger partial charge in [0.25, 0.3) is 0 Å². The predicted molar refractivity (Wildman–Crippen MR) is 51.5 cm³/mol. The van der Waals surface area contributed by atoms with Gasteiger partial charge in [0.15, 0.2) is 11.5 Å². The number of fused-ring (bicyclic) bond motifs is 1. The molecule has 2 rings (SSSR count). The third-order valence-corrected chi connectivity index (χ3v) is 2.90. The molecule has 1 aromatic heterocycles. The fraction of sp³-hybridized carbons (Fsp3) is 0.125. The quantitative estimate of drug-likeness (QED) is 0.710. The summed E-state index contributed by atoms with van der Waals surface area (Å²) in [6, 6.07) is 3.58. The molecule has 1 heterocycles. The number of halogens is 2. The Morgan fingerprint density at radius 3 is 3.00 bits per heavy atom. The van der Waals surface area contributed by atoms with Crippen LogP contribution < -0.4 is 0 Å².